The average molecular weight is 416 g/mol. The van der Waals surface area contributed by atoms with Crippen LogP contribution in [0, 0.1) is 0 Å². The smallest absolute Gasteiger partial charge is 0 e. The summed E-state index contributed by atoms with van der Waals surface area (Å²) in [7, 11) is -10.3. The zero-order valence-corrected chi connectivity index (χ0v) is 9.82. The van der Waals surface area contributed by atoms with Crippen LogP contribution in [-0.2, 0) is 63.3 Å². The molecule has 9 nitrogen and oxygen atoms in total. The molecule has 0 fully saturated rings. The summed E-state index contributed by atoms with van der Waals surface area (Å²) in [5, 5.41) is 0. The maximum atomic E-state index is 9.95. The predicted octanol–water partition coefficient (Wildman–Crippen LogP) is -3.09. The van der Waals surface area contributed by atoms with Crippen molar-refractivity contribution in [1.82, 2.24) is 0 Å². The van der Waals surface area contributed by atoms with Gasteiger partial charge in [0.15, 0.2) is 0 Å². The molecule has 0 aromatic rings. The van der Waals surface area contributed by atoms with Crippen LogP contribution in [0.15, 0.2) is 0 Å². The molecule has 0 saturated heterocycles. The van der Waals surface area contributed by atoms with Crippen molar-refractivity contribution in [2.24, 2.45) is 0 Å². The Hall–Kier alpha value is 2.65. The Morgan fingerprint density at radius 2 is 1.00 bits per heavy atom. The number of carbonyl (C=O) groups excluding carboxylic acids is 1. The van der Waals surface area contributed by atoms with Crippen LogP contribution < -0.4 is 0 Å². The Morgan fingerprint density at radius 1 is 0.812 bits per heavy atom. The van der Waals surface area contributed by atoms with Crippen LogP contribution >= 0.6 is 0 Å². The predicted molar refractivity (Wildman–Crippen MR) is 47.8 cm³/mol. The monoisotopic (exact) mass is 416 g/mol. The Labute approximate surface area is 172 Å². The Bertz CT molecular complexity index is 336. The van der Waals surface area contributed by atoms with E-state index in [1.807, 2.05) is 0 Å². The van der Waals surface area contributed by atoms with Crippen LogP contribution in [-0.4, -0.2) is 108 Å². The maximum absolute atomic E-state index is 9.95. The summed E-state index contributed by atoms with van der Waals surface area (Å²) in [4.78, 5) is 9.95. The second-order valence-electron chi connectivity index (χ2n) is 1.27. The molecular weight excluding hydrogens is 410 g/mol. The molecule has 15 heteroatoms. The fraction of sp³-hybridized carbons (Fsp3) is 0. The molecule has 2 N–H and O–H groups in total. The van der Waals surface area contributed by atoms with Crippen molar-refractivity contribution >= 4 is 102 Å². The number of rotatable bonds is 2. The third kappa shape index (κ3) is 25.5. The molecule has 0 aliphatic heterocycles. The van der Waals surface area contributed by atoms with Gasteiger partial charge in [-0.2, -0.15) is 16.8 Å². The first kappa shape index (κ1) is 31.2. The molecule has 0 unspecified atom stereocenters. The third-order valence-corrected chi connectivity index (χ3v) is 1.04. The first-order valence-corrected chi connectivity index (χ1v) is 4.71. The van der Waals surface area contributed by atoms with Gasteiger partial charge in [0.25, 0.3) is 0 Å². The molecule has 0 atom stereocenters. The van der Waals surface area contributed by atoms with Gasteiger partial charge in [-0.25, -0.2) is 4.79 Å². The van der Waals surface area contributed by atoms with E-state index in [1.165, 1.54) is 0 Å². The molecule has 16 heavy (non-hydrogen) atoms. The minimum absolute atomic E-state index is 0. The molecular formula is CH6Ca2Mn2O9S2. The van der Waals surface area contributed by atoms with Gasteiger partial charge in [0.05, 0.1) is 0 Å². The fourth-order valence-electron chi connectivity index (χ4n) is 0.186. The molecule has 0 aliphatic carbocycles. The third-order valence-electron chi connectivity index (χ3n) is 0.347. The van der Waals surface area contributed by atoms with Crippen molar-refractivity contribution in [3.05, 3.63) is 0 Å². The molecule has 0 aliphatic rings. The van der Waals surface area contributed by atoms with Crippen molar-refractivity contribution in [2.75, 3.05) is 0 Å². The van der Waals surface area contributed by atoms with E-state index in [9.17, 15) is 21.6 Å². The normalized spacial score (nSPS) is 9.12. The summed E-state index contributed by atoms with van der Waals surface area (Å²) in [5.74, 6) is 0. The average Bonchev–Trinajstić information content (AvgIpc) is 1.49. The van der Waals surface area contributed by atoms with Gasteiger partial charge >= 0.3 is 102 Å². The topological polar surface area (TPSA) is 144 Å². The van der Waals surface area contributed by atoms with Crippen molar-refractivity contribution < 1.29 is 73.2 Å². The van der Waals surface area contributed by atoms with E-state index in [4.69, 9.17) is 9.11 Å². The minimum atomic E-state index is -5.15. The first-order valence-electron chi connectivity index (χ1n) is 1.98. The fourth-order valence-corrected chi connectivity index (χ4v) is 0.641. The van der Waals surface area contributed by atoms with Gasteiger partial charge < -0.3 is 0 Å². The summed E-state index contributed by atoms with van der Waals surface area (Å²) >= 11 is 0. The minimum Gasteiger partial charge on any atom is 0 e. The standard InChI is InChI=1S/CH2O9S2.2Ca.2Mn.4H/c2-1(9-11(3,4)5)10-12(6,7)8;;;;;;;;/h(H,3,4,5)(H,6,7,8);;;;;;;;. The zero-order valence-electron chi connectivity index (χ0n) is 5.82. The van der Waals surface area contributed by atoms with Crippen molar-refractivity contribution in [3.63, 3.8) is 0 Å². The molecule has 0 amide bonds. The molecule has 0 bridgehead atoms. The van der Waals surface area contributed by atoms with E-state index >= 15 is 0 Å². The van der Waals surface area contributed by atoms with E-state index in [0.29, 0.717) is 0 Å². The summed E-state index contributed by atoms with van der Waals surface area (Å²) < 4.78 is 60.1. The van der Waals surface area contributed by atoms with Gasteiger partial charge in [0.2, 0.25) is 0 Å². The molecule has 0 aromatic carbocycles. The number of hydrogen-bond acceptors (Lipinski definition) is 7. The molecule has 0 heterocycles. The van der Waals surface area contributed by atoms with Crippen LogP contribution in [0.3, 0.4) is 0 Å². The largest absolute Gasteiger partial charge is 0 e. The maximum Gasteiger partial charge on any atom is 0 e. The Kier molecular flexibility index (Phi) is 24.7. The SMILES string of the molecule is O=C(OS(=O)(=O)O)OS(=O)(=O)O.[CaH2].[CaH2].[Mn].[Mn]. The summed E-state index contributed by atoms with van der Waals surface area (Å²) in [6, 6.07) is 0. The van der Waals surface area contributed by atoms with Crippen molar-refractivity contribution in [1.29, 1.82) is 0 Å². The molecule has 0 aromatic heterocycles. The quantitative estimate of drug-likeness (QED) is 0.353. The Morgan fingerprint density at radius 3 is 1.12 bits per heavy atom. The van der Waals surface area contributed by atoms with Crippen LogP contribution in [0.5, 0.6) is 0 Å². The van der Waals surface area contributed by atoms with Gasteiger partial charge in [0.1, 0.15) is 0 Å². The molecule has 0 saturated carbocycles. The van der Waals surface area contributed by atoms with E-state index in [-0.39, 0.29) is 110 Å². The second-order valence-corrected chi connectivity index (χ2v) is 3.32. The van der Waals surface area contributed by atoms with E-state index in [1.54, 1.807) is 0 Å². The Balaban J connectivity index is -0.000000101. The van der Waals surface area contributed by atoms with Gasteiger partial charge in [-0.15, -0.1) is 0 Å². The molecule has 94 valence electrons. The van der Waals surface area contributed by atoms with E-state index in [2.05, 4.69) is 8.37 Å². The molecule has 0 spiro atoms. The molecule has 2 radical (unpaired) electrons. The van der Waals surface area contributed by atoms with Gasteiger partial charge in [-0.3, -0.25) is 17.5 Å². The van der Waals surface area contributed by atoms with E-state index in [0.717, 1.165) is 0 Å². The van der Waals surface area contributed by atoms with Crippen LogP contribution in [0.1, 0.15) is 0 Å². The second kappa shape index (κ2) is 12.7. The summed E-state index contributed by atoms with van der Waals surface area (Å²) in [5.41, 5.74) is 0. The number of carbonyl (C=O) groups is 1. The van der Waals surface area contributed by atoms with Crippen LogP contribution in [0.2, 0.25) is 0 Å². The van der Waals surface area contributed by atoms with Gasteiger partial charge in [0, 0.05) is 34.1 Å². The van der Waals surface area contributed by atoms with Crippen molar-refractivity contribution in [2.45, 2.75) is 0 Å². The van der Waals surface area contributed by atoms with Crippen LogP contribution in [0.25, 0.3) is 0 Å². The zero-order chi connectivity index (χ0) is 9.99. The summed E-state index contributed by atoms with van der Waals surface area (Å²) in [6.45, 7) is 0. The van der Waals surface area contributed by atoms with E-state index < -0.39 is 27.0 Å². The first-order chi connectivity index (χ1) is 5.10. The molecule has 0 rings (SSSR count). The van der Waals surface area contributed by atoms with Gasteiger partial charge in [-0.05, 0) is 0 Å². The number of hydrogen-bond donors (Lipinski definition) is 2. The summed E-state index contributed by atoms with van der Waals surface area (Å²) in [6.07, 6.45) is -2.29. The van der Waals surface area contributed by atoms with Crippen LogP contribution in [0.4, 0.5) is 4.79 Å². The van der Waals surface area contributed by atoms with Crippen molar-refractivity contribution in [3.8, 4) is 0 Å². The van der Waals surface area contributed by atoms with Gasteiger partial charge in [-0.1, -0.05) is 0 Å².